The summed E-state index contributed by atoms with van der Waals surface area (Å²) in [6, 6.07) is 0. The molecule has 83 heavy (non-hydrogen) atoms. The predicted octanol–water partition coefficient (Wildman–Crippen LogP) is 5.15. The van der Waals surface area contributed by atoms with Crippen molar-refractivity contribution in [3.05, 3.63) is 0 Å². The van der Waals surface area contributed by atoms with E-state index in [-0.39, 0.29) is 32.7 Å². The highest BCUT2D eigenvalue weighted by Gasteiger charge is 2.53. The lowest BCUT2D eigenvalue weighted by molar-refractivity contribution is -0.280. The molecule has 0 unspecified atom stereocenters. The van der Waals surface area contributed by atoms with Crippen LogP contribution in [0.1, 0.15) is 190 Å². The third-order valence-electron chi connectivity index (χ3n) is 15.6. The van der Waals surface area contributed by atoms with Gasteiger partial charge in [-0.3, -0.25) is 38.7 Å². The Hall–Kier alpha value is -5.05. The highest BCUT2D eigenvalue weighted by molar-refractivity contribution is 5.76. The second-order valence-electron chi connectivity index (χ2n) is 28.2. The van der Waals surface area contributed by atoms with E-state index in [1.165, 1.54) is 37.5 Å². The molecule has 0 aromatic rings. The number of esters is 4. The molecular weight excluding hydrogens is 1080 g/mol. The van der Waals surface area contributed by atoms with Crippen LogP contribution in [0, 0.1) is 0 Å². The second kappa shape index (κ2) is 27.1. The molecule has 0 radical (unpaired) electrons. The minimum absolute atomic E-state index is 0.0302. The zero-order valence-electron chi connectivity index (χ0n) is 53.3. The van der Waals surface area contributed by atoms with Crippen molar-refractivity contribution < 1.29 is 86.6 Å². The number of hydrogen-bond acceptors (Lipinski definition) is 24. The molecule has 474 valence electrons. The van der Waals surface area contributed by atoms with Crippen LogP contribution >= 0.6 is 0 Å². The number of carbonyl (C=O) groups excluding carboxylic acids is 8. The van der Waals surface area contributed by atoms with Crippen molar-refractivity contribution in [2.75, 3.05) is 58.9 Å². The molecule has 0 aromatic heterocycles. The quantitative estimate of drug-likeness (QED) is 0.0967. The molecule has 0 amide bonds. The fourth-order valence-corrected chi connectivity index (χ4v) is 13.7. The Morgan fingerprint density at radius 3 is 0.675 bits per heavy atom. The lowest BCUT2D eigenvalue weighted by Gasteiger charge is -2.52. The number of hydroxylamine groups is 8. The molecule has 4 fully saturated rings. The molecule has 0 spiro atoms. The Morgan fingerprint density at radius 1 is 0.325 bits per heavy atom. The van der Waals surface area contributed by atoms with E-state index in [9.17, 15) is 48.3 Å². The van der Waals surface area contributed by atoms with Crippen LogP contribution in [0.25, 0.3) is 0 Å². The molecule has 25 nitrogen and oxygen atoms in total. The van der Waals surface area contributed by atoms with E-state index in [1.807, 2.05) is 111 Å². The van der Waals surface area contributed by atoms with E-state index in [4.69, 9.17) is 38.3 Å². The van der Waals surface area contributed by atoms with E-state index in [0.717, 1.165) is 0 Å². The summed E-state index contributed by atoms with van der Waals surface area (Å²) in [5.74, 6) is -5.86. The number of rotatable bonds is 24. The molecule has 4 saturated heterocycles. The smallest absolute Gasteiger partial charge is 0.339 e. The SMILES string of the molecule is CC(=O)OC1CC(C)(C)N(OC(=O)CN(CCN(CC(=O)O)CC(=O)ON2C(C)(C)CC(OC(C)=O)CC2(C)C)CCN(CC(=O)ON2C(C)(C)CC(OC(C)=O)CC2(C)C)CC(=O)ON2C(C)(C)CC(OC(C)=O)CC2(C)C)C(C)(C)C1. The summed E-state index contributed by atoms with van der Waals surface area (Å²) < 4.78 is 22.4. The van der Waals surface area contributed by atoms with E-state index in [2.05, 4.69) is 0 Å². The van der Waals surface area contributed by atoms with Crippen LogP contribution in [-0.4, -0.2) is 221 Å². The first kappa shape index (κ1) is 70.4. The average Bonchev–Trinajstić information content (AvgIpc) is 2.90. The zero-order valence-corrected chi connectivity index (χ0v) is 53.3. The first-order valence-electron chi connectivity index (χ1n) is 28.9. The predicted molar refractivity (Wildman–Crippen MR) is 300 cm³/mol. The summed E-state index contributed by atoms with van der Waals surface area (Å²) in [6.07, 6.45) is 1.07. The van der Waals surface area contributed by atoms with Gasteiger partial charge in [0.15, 0.2) is 0 Å². The van der Waals surface area contributed by atoms with Crippen molar-refractivity contribution in [2.45, 2.75) is 259 Å². The molecule has 4 aliphatic heterocycles. The highest BCUT2D eigenvalue weighted by Crippen LogP contribution is 2.44. The fraction of sp³-hybridized carbons (Fsp3) is 0.845. The molecule has 25 heteroatoms. The molecule has 4 heterocycles. The van der Waals surface area contributed by atoms with Crippen molar-refractivity contribution in [2.24, 2.45) is 0 Å². The lowest BCUT2D eigenvalue weighted by Crippen LogP contribution is -2.63. The van der Waals surface area contributed by atoms with Gasteiger partial charge >= 0.3 is 53.7 Å². The van der Waals surface area contributed by atoms with Gasteiger partial charge in [-0.1, -0.05) is 0 Å². The van der Waals surface area contributed by atoms with Crippen molar-refractivity contribution >= 4 is 53.7 Å². The van der Waals surface area contributed by atoms with Crippen LogP contribution in [0.15, 0.2) is 0 Å². The number of aliphatic carboxylic acids is 1. The summed E-state index contributed by atoms with van der Waals surface area (Å²) in [6.45, 7) is 32.6. The van der Waals surface area contributed by atoms with Gasteiger partial charge in [0.25, 0.3) is 0 Å². The van der Waals surface area contributed by atoms with Gasteiger partial charge in [-0.2, -0.15) is 0 Å². The Kier molecular flexibility index (Phi) is 23.0. The van der Waals surface area contributed by atoms with Crippen LogP contribution in [-0.2, 0) is 81.4 Å². The number of piperidine rings is 4. The molecule has 0 atom stereocenters. The summed E-state index contributed by atoms with van der Waals surface area (Å²) >= 11 is 0. The maximum Gasteiger partial charge on any atom is 0.339 e. The van der Waals surface area contributed by atoms with E-state index < -0.39 is 149 Å². The largest absolute Gasteiger partial charge is 0.480 e. The summed E-state index contributed by atoms with van der Waals surface area (Å²) in [5.41, 5.74) is -6.45. The van der Waals surface area contributed by atoms with Gasteiger partial charge in [0.05, 0.1) is 77.0 Å². The number of carboxylic acids is 1. The topological polar surface area (TPSA) is 270 Å². The minimum atomic E-state index is -1.24. The third kappa shape index (κ3) is 20.6. The Morgan fingerprint density at radius 2 is 0.494 bits per heavy atom. The lowest BCUT2D eigenvalue weighted by atomic mass is 9.80. The van der Waals surface area contributed by atoms with E-state index in [1.54, 1.807) is 25.2 Å². The van der Waals surface area contributed by atoms with Crippen molar-refractivity contribution in [3.8, 4) is 0 Å². The normalized spacial score (nSPS) is 22.7. The van der Waals surface area contributed by atoms with Crippen LogP contribution < -0.4 is 0 Å². The maximum atomic E-state index is 14.4. The number of nitrogens with zero attached hydrogens (tertiary/aromatic N) is 7. The fourth-order valence-electron chi connectivity index (χ4n) is 13.7. The van der Waals surface area contributed by atoms with Crippen molar-refractivity contribution in [1.82, 2.24) is 35.0 Å². The zero-order chi connectivity index (χ0) is 63.2. The van der Waals surface area contributed by atoms with Gasteiger partial charge in [0, 0.05) is 105 Å². The van der Waals surface area contributed by atoms with E-state index in [0.29, 0.717) is 51.4 Å². The Labute approximate surface area is 491 Å². The number of ether oxygens (including phenoxy) is 4. The first-order valence-corrected chi connectivity index (χ1v) is 28.9. The van der Waals surface area contributed by atoms with Gasteiger partial charge < -0.3 is 43.4 Å². The molecule has 0 aliphatic carbocycles. The van der Waals surface area contributed by atoms with Gasteiger partial charge in [0.1, 0.15) is 24.4 Å². The summed E-state index contributed by atoms with van der Waals surface area (Å²) in [5, 5.41) is 16.5. The number of carboxylic acid groups (broad SMARTS) is 1. The molecule has 1 N–H and O–H groups in total. The molecule has 0 bridgehead atoms. The second-order valence-corrected chi connectivity index (χ2v) is 28.2. The summed E-state index contributed by atoms with van der Waals surface area (Å²) in [7, 11) is 0. The van der Waals surface area contributed by atoms with Gasteiger partial charge in [-0.25, -0.2) is 19.2 Å². The monoisotopic (exact) mass is 1180 g/mol. The third-order valence-corrected chi connectivity index (χ3v) is 15.6. The van der Waals surface area contributed by atoms with Crippen molar-refractivity contribution in [1.29, 1.82) is 0 Å². The minimum Gasteiger partial charge on any atom is -0.480 e. The van der Waals surface area contributed by atoms with Gasteiger partial charge in [0.2, 0.25) is 0 Å². The molecule has 4 aliphatic rings. The number of hydrogen-bond donors (Lipinski definition) is 1. The standard InChI is InChI=1S/C58H99N7O18/c1-38(66)76-42-25-51(5,6)62(52(7,8)26-42)80-47(72)34-59(21-23-60(33-46(70)71)35-48(73)81-63-53(9,10)27-43(77-39(2)67)28-54(63,11)12)22-24-61(36-49(74)82-64-55(13,14)29-44(78-40(3)68)30-56(64,15)16)37-50(75)83-65-57(17,18)31-45(79-41(4)69)32-58(65,19)20/h42-45H,21-37H2,1-20H3,(H,70,71). The van der Waals surface area contributed by atoms with Crippen LogP contribution in [0.4, 0.5) is 0 Å². The Balaban J connectivity index is 1.68. The van der Waals surface area contributed by atoms with Crippen molar-refractivity contribution in [3.63, 3.8) is 0 Å². The first-order chi connectivity index (χ1) is 37.7. The highest BCUT2D eigenvalue weighted by atomic mass is 16.7. The Bertz CT molecular complexity index is 2230. The average molecular weight is 1180 g/mol. The molecule has 4 rings (SSSR count). The molecular formula is C58H99N7O18. The van der Waals surface area contributed by atoms with Gasteiger partial charge in [-0.05, 0) is 111 Å². The van der Waals surface area contributed by atoms with Gasteiger partial charge in [-0.15, -0.1) is 20.3 Å². The van der Waals surface area contributed by atoms with Crippen LogP contribution in [0.2, 0.25) is 0 Å². The molecule has 0 aromatic carbocycles. The van der Waals surface area contributed by atoms with Crippen LogP contribution in [0.5, 0.6) is 0 Å². The maximum absolute atomic E-state index is 14.4. The summed E-state index contributed by atoms with van der Waals surface area (Å²) in [4.78, 5) is 147. The van der Waals surface area contributed by atoms with Crippen LogP contribution in [0.3, 0.4) is 0 Å². The number of carbonyl (C=O) groups is 9. The van der Waals surface area contributed by atoms with E-state index >= 15 is 0 Å². The molecule has 0 saturated carbocycles.